The number of ketones is 1. The summed E-state index contributed by atoms with van der Waals surface area (Å²) in [6.45, 7) is 2.43. The normalized spacial score (nSPS) is 26.4. The van der Waals surface area contributed by atoms with Gasteiger partial charge in [-0.05, 0) is 75.3 Å². The molecule has 3 atom stereocenters. The number of rotatable bonds is 5. The van der Waals surface area contributed by atoms with E-state index in [2.05, 4.69) is 21.6 Å². The fourth-order valence-corrected chi connectivity index (χ4v) is 5.51. The molecule has 1 aromatic carbocycles. The third kappa shape index (κ3) is 3.02. The first-order valence-corrected chi connectivity index (χ1v) is 10.8. The molecule has 2 saturated heterocycles. The molecule has 0 spiro atoms. The maximum atomic E-state index is 13.3. The molecule has 3 heterocycles. The summed E-state index contributed by atoms with van der Waals surface area (Å²) in [5, 5.41) is 19.3. The first-order chi connectivity index (χ1) is 14.1. The van der Waals surface area contributed by atoms with E-state index in [-0.39, 0.29) is 17.9 Å². The molecule has 5 heteroatoms. The monoisotopic (exact) mass is 389 g/mol. The first kappa shape index (κ1) is 18.6. The van der Waals surface area contributed by atoms with Gasteiger partial charge in [0.2, 0.25) is 0 Å². The average molecular weight is 389 g/mol. The van der Waals surface area contributed by atoms with Gasteiger partial charge in [0.1, 0.15) is 0 Å². The van der Waals surface area contributed by atoms with E-state index in [9.17, 15) is 9.90 Å². The van der Waals surface area contributed by atoms with Crippen molar-refractivity contribution in [1.29, 1.82) is 5.26 Å². The number of hydrogen-bond acceptors (Lipinski definition) is 4. The Balaban J connectivity index is 1.48. The molecule has 0 radical (unpaired) electrons. The molecule has 1 saturated carbocycles. The molecule has 29 heavy (non-hydrogen) atoms. The van der Waals surface area contributed by atoms with Crippen molar-refractivity contribution in [1.82, 2.24) is 9.47 Å². The zero-order valence-electron chi connectivity index (χ0n) is 16.8. The standard InChI is InChI=1S/C24H27N3O2/c1-15-20(24(29)14-26-19-9-10-21(26)23(28)11-19)12-22(17-3-2-4-17)27(15)18-7-5-16(13-25)6-8-18/h5-8,12,17,19,21,23,28H,2-4,9-11,14H2,1H3/t19?,21?,23-/m0/s1. The highest BCUT2D eigenvalue weighted by Gasteiger charge is 2.46. The first-order valence-electron chi connectivity index (χ1n) is 10.8. The molecule has 5 rings (SSSR count). The van der Waals surface area contributed by atoms with Crippen LogP contribution in [0.15, 0.2) is 30.3 Å². The van der Waals surface area contributed by atoms with E-state index < -0.39 is 0 Å². The fourth-order valence-electron chi connectivity index (χ4n) is 5.51. The molecular formula is C24H27N3O2. The minimum Gasteiger partial charge on any atom is -0.391 e. The van der Waals surface area contributed by atoms with Crippen molar-refractivity contribution in [2.24, 2.45) is 0 Å². The van der Waals surface area contributed by atoms with Gasteiger partial charge in [0.25, 0.3) is 0 Å². The topological polar surface area (TPSA) is 69.3 Å². The molecule has 3 fully saturated rings. The second kappa shape index (κ2) is 7.12. The molecule has 1 N–H and O–H groups in total. The lowest BCUT2D eigenvalue weighted by molar-refractivity contribution is 0.0873. The second-order valence-corrected chi connectivity index (χ2v) is 8.89. The summed E-state index contributed by atoms with van der Waals surface area (Å²) in [5.41, 5.74) is 4.65. The lowest BCUT2D eigenvalue weighted by atomic mass is 9.82. The smallest absolute Gasteiger partial charge is 0.178 e. The van der Waals surface area contributed by atoms with Crippen LogP contribution in [-0.2, 0) is 0 Å². The minimum atomic E-state index is -0.281. The van der Waals surface area contributed by atoms with Crippen molar-refractivity contribution in [2.75, 3.05) is 6.54 Å². The Hall–Kier alpha value is -2.42. The van der Waals surface area contributed by atoms with Crippen molar-refractivity contribution in [3.8, 4) is 11.8 Å². The number of carbonyl (C=O) groups excluding carboxylic acids is 1. The third-order valence-corrected chi connectivity index (χ3v) is 7.33. The van der Waals surface area contributed by atoms with Crippen LogP contribution in [0.3, 0.4) is 0 Å². The van der Waals surface area contributed by atoms with Crippen LogP contribution < -0.4 is 0 Å². The van der Waals surface area contributed by atoms with Crippen molar-refractivity contribution in [3.63, 3.8) is 0 Å². The molecule has 2 aromatic rings. The molecule has 2 bridgehead atoms. The Morgan fingerprint density at radius 3 is 2.52 bits per heavy atom. The van der Waals surface area contributed by atoms with Crippen LogP contribution in [-0.4, -0.2) is 45.1 Å². The molecule has 2 aliphatic heterocycles. The molecule has 150 valence electrons. The summed E-state index contributed by atoms with van der Waals surface area (Å²) in [5.74, 6) is 0.650. The molecule has 5 nitrogen and oxygen atoms in total. The summed E-state index contributed by atoms with van der Waals surface area (Å²) < 4.78 is 2.21. The van der Waals surface area contributed by atoms with E-state index in [1.165, 1.54) is 12.1 Å². The summed E-state index contributed by atoms with van der Waals surface area (Å²) in [6, 6.07) is 12.4. The molecule has 1 aromatic heterocycles. The lowest BCUT2D eigenvalue weighted by Crippen LogP contribution is -2.36. The van der Waals surface area contributed by atoms with Gasteiger partial charge in [-0.3, -0.25) is 9.69 Å². The van der Waals surface area contributed by atoms with E-state index in [0.717, 1.165) is 49.0 Å². The van der Waals surface area contributed by atoms with Gasteiger partial charge in [0.15, 0.2) is 5.78 Å². The maximum absolute atomic E-state index is 13.3. The fraction of sp³-hybridized carbons (Fsp3) is 0.500. The van der Waals surface area contributed by atoms with Gasteiger partial charge in [-0.15, -0.1) is 0 Å². The number of aliphatic hydroxyl groups excluding tert-OH is 1. The number of aliphatic hydroxyl groups is 1. The van der Waals surface area contributed by atoms with Gasteiger partial charge in [-0.1, -0.05) is 6.42 Å². The number of nitrogens with zero attached hydrogens (tertiary/aromatic N) is 3. The highest BCUT2D eigenvalue weighted by atomic mass is 16.3. The number of nitriles is 1. The SMILES string of the molecule is Cc1c(C(=O)CN2C3CCC2[C@@H](O)C3)cc(C2CCC2)n1-c1ccc(C#N)cc1. The van der Waals surface area contributed by atoms with Crippen LogP contribution in [0.25, 0.3) is 5.69 Å². The second-order valence-electron chi connectivity index (χ2n) is 8.89. The maximum Gasteiger partial charge on any atom is 0.178 e. The summed E-state index contributed by atoms with van der Waals surface area (Å²) >= 11 is 0. The van der Waals surface area contributed by atoms with Crippen LogP contribution >= 0.6 is 0 Å². The van der Waals surface area contributed by atoms with Crippen molar-refractivity contribution >= 4 is 5.78 Å². The number of benzene rings is 1. The van der Waals surface area contributed by atoms with Crippen molar-refractivity contribution in [3.05, 3.63) is 52.8 Å². The molecule has 1 aliphatic carbocycles. The van der Waals surface area contributed by atoms with Crippen molar-refractivity contribution in [2.45, 2.75) is 69.6 Å². The number of Topliss-reactive ketones (excluding diaryl/α,β-unsaturated/α-hetero) is 1. The Morgan fingerprint density at radius 2 is 1.97 bits per heavy atom. The van der Waals surface area contributed by atoms with Crippen LogP contribution in [0.4, 0.5) is 0 Å². The highest BCUT2D eigenvalue weighted by Crippen LogP contribution is 2.41. The van der Waals surface area contributed by atoms with E-state index >= 15 is 0 Å². The Morgan fingerprint density at radius 1 is 1.21 bits per heavy atom. The Bertz CT molecular complexity index is 981. The number of fused-ring (bicyclic) bond motifs is 2. The largest absolute Gasteiger partial charge is 0.391 e. The lowest BCUT2D eigenvalue weighted by Gasteiger charge is -2.27. The van der Waals surface area contributed by atoms with Gasteiger partial charge in [-0.2, -0.15) is 5.26 Å². The van der Waals surface area contributed by atoms with E-state index in [4.69, 9.17) is 5.26 Å². The van der Waals surface area contributed by atoms with Crippen LogP contribution in [0.2, 0.25) is 0 Å². The van der Waals surface area contributed by atoms with Crippen molar-refractivity contribution < 1.29 is 9.90 Å². The van der Waals surface area contributed by atoms with E-state index in [1.807, 2.05) is 31.2 Å². The third-order valence-electron chi connectivity index (χ3n) is 7.33. The minimum absolute atomic E-state index is 0.149. The number of hydrogen-bond donors (Lipinski definition) is 1. The van der Waals surface area contributed by atoms with Gasteiger partial charge >= 0.3 is 0 Å². The molecular weight excluding hydrogens is 362 g/mol. The molecule has 0 amide bonds. The number of aromatic nitrogens is 1. The van der Waals surface area contributed by atoms with E-state index in [1.54, 1.807) is 0 Å². The van der Waals surface area contributed by atoms with Crippen LogP contribution in [0, 0.1) is 18.3 Å². The Labute approximate surface area is 171 Å². The van der Waals surface area contributed by atoms with Crippen LogP contribution in [0.1, 0.15) is 71.8 Å². The average Bonchev–Trinajstić information content (AvgIpc) is 3.31. The van der Waals surface area contributed by atoms with Crippen LogP contribution in [0.5, 0.6) is 0 Å². The zero-order chi connectivity index (χ0) is 20.1. The summed E-state index contributed by atoms with van der Waals surface area (Å²) in [6.07, 6.45) is 6.17. The molecule has 2 unspecified atom stereocenters. The summed E-state index contributed by atoms with van der Waals surface area (Å²) in [7, 11) is 0. The predicted octanol–water partition coefficient (Wildman–Crippen LogP) is 3.71. The number of carbonyl (C=O) groups is 1. The summed E-state index contributed by atoms with van der Waals surface area (Å²) in [4.78, 5) is 15.5. The highest BCUT2D eigenvalue weighted by molar-refractivity contribution is 5.99. The predicted molar refractivity (Wildman–Crippen MR) is 110 cm³/mol. The quantitative estimate of drug-likeness (QED) is 0.792. The molecule has 3 aliphatic rings. The van der Waals surface area contributed by atoms with Gasteiger partial charge in [-0.25, -0.2) is 0 Å². The van der Waals surface area contributed by atoms with Gasteiger partial charge in [0, 0.05) is 34.7 Å². The Kier molecular flexibility index (Phi) is 4.57. The van der Waals surface area contributed by atoms with Gasteiger partial charge < -0.3 is 9.67 Å². The van der Waals surface area contributed by atoms with Gasteiger partial charge in [0.05, 0.1) is 24.3 Å². The zero-order valence-corrected chi connectivity index (χ0v) is 16.8. The van der Waals surface area contributed by atoms with E-state index in [0.29, 0.717) is 24.1 Å².